The number of nitrogens with one attached hydrogen (secondary N) is 2. The number of carbonyl (C=O) groups excluding carboxylic acids is 2. The van der Waals surface area contributed by atoms with E-state index in [0.717, 1.165) is 5.56 Å². The van der Waals surface area contributed by atoms with Crippen molar-refractivity contribution in [1.29, 1.82) is 0 Å². The quantitative estimate of drug-likeness (QED) is 0.389. The molecule has 2 aliphatic rings. The first-order chi connectivity index (χ1) is 16.5. The van der Waals surface area contributed by atoms with Crippen LogP contribution in [0.25, 0.3) is 0 Å². The summed E-state index contributed by atoms with van der Waals surface area (Å²) in [4.78, 5) is 27.9. The molecule has 6 heteroatoms. The molecule has 36 heavy (non-hydrogen) atoms. The monoisotopic (exact) mass is 500 g/mol. The van der Waals surface area contributed by atoms with Gasteiger partial charge in [-0.2, -0.15) is 0 Å². The molecule has 0 amide bonds. The van der Waals surface area contributed by atoms with Gasteiger partial charge in [0, 0.05) is 47.8 Å². The molecule has 0 bridgehead atoms. The number of esters is 2. The fraction of sp³-hybridized carbons (Fsp3) is 0.733. The molecule has 0 atom stereocenters. The predicted octanol–water partition coefficient (Wildman–Crippen LogP) is 5.33. The highest BCUT2D eigenvalue weighted by molar-refractivity contribution is 6.00. The highest BCUT2D eigenvalue weighted by atomic mass is 16.6. The molecule has 2 aliphatic heterocycles. The fourth-order valence-electron chi connectivity index (χ4n) is 6.74. The number of hydrogen-bond acceptors (Lipinski definition) is 6. The van der Waals surface area contributed by atoms with Gasteiger partial charge in [-0.3, -0.25) is 9.59 Å². The Hall–Kier alpha value is -1.92. The summed E-state index contributed by atoms with van der Waals surface area (Å²) in [6.45, 7) is 18.9. The van der Waals surface area contributed by atoms with Crippen LogP contribution in [-0.2, 0) is 25.5 Å². The highest BCUT2D eigenvalue weighted by Gasteiger charge is 2.51. The number of benzene rings is 1. The number of piperidine rings is 2. The summed E-state index contributed by atoms with van der Waals surface area (Å²) in [5.74, 6) is -0.936. The van der Waals surface area contributed by atoms with Crippen LogP contribution in [0.15, 0.2) is 30.3 Å². The van der Waals surface area contributed by atoms with E-state index in [9.17, 15) is 9.59 Å². The topological polar surface area (TPSA) is 76.7 Å². The van der Waals surface area contributed by atoms with Crippen molar-refractivity contribution in [2.24, 2.45) is 5.41 Å². The largest absolute Gasteiger partial charge is 0.461 e. The lowest BCUT2D eigenvalue weighted by atomic mass is 9.77. The van der Waals surface area contributed by atoms with Crippen molar-refractivity contribution in [3.8, 4) is 0 Å². The van der Waals surface area contributed by atoms with Crippen molar-refractivity contribution in [1.82, 2.24) is 10.6 Å². The van der Waals surface area contributed by atoms with E-state index >= 15 is 0 Å². The van der Waals surface area contributed by atoms with Crippen LogP contribution < -0.4 is 10.6 Å². The predicted molar refractivity (Wildman–Crippen MR) is 144 cm³/mol. The molecule has 3 rings (SSSR count). The van der Waals surface area contributed by atoms with E-state index in [1.54, 1.807) is 0 Å². The number of carbonyl (C=O) groups is 2. The Morgan fingerprint density at radius 3 is 1.44 bits per heavy atom. The van der Waals surface area contributed by atoms with Crippen LogP contribution in [0.3, 0.4) is 0 Å². The van der Waals surface area contributed by atoms with Gasteiger partial charge in [0.25, 0.3) is 0 Å². The van der Waals surface area contributed by atoms with E-state index < -0.39 is 17.4 Å². The molecule has 0 unspecified atom stereocenters. The summed E-state index contributed by atoms with van der Waals surface area (Å²) in [6.07, 6.45) is 2.81. The Kier molecular flexibility index (Phi) is 8.03. The van der Waals surface area contributed by atoms with E-state index in [2.05, 4.69) is 66.0 Å². The molecule has 6 nitrogen and oxygen atoms in total. The normalized spacial score (nSPS) is 23.6. The lowest BCUT2D eigenvalue weighted by molar-refractivity contribution is -0.183. The first-order valence-electron chi connectivity index (χ1n) is 13.5. The van der Waals surface area contributed by atoms with Gasteiger partial charge >= 0.3 is 11.9 Å². The molecule has 0 aromatic heterocycles. The Morgan fingerprint density at radius 2 is 1.11 bits per heavy atom. The molecule has 0 spiro atoms. The van der Waals surface area contributed by atoms with Gasteiger partial charge in [0.2, 0.25) is 0 Å². The molecule has 202 valence electrons. The van der Waals surface area contributed by atoms with Crippen molar-refractivity contribution in [3.05, 3.63) is 35.9 Å². The molecule has 2 fully saturated rings. The molecule has 1 aromatic rings. The van der Waals surface area contributed by atoms with Crippen LogP contribution in [0.5, 0.6) is 0 Å². The smallest absolute Gasteiger partial charge is 0.324 e. The van der Waals surface area contributed by atoms with Crippen LogP contribution in [0.1, 0.15) is 100.0 Å². The number of rotatable bonds is 7. The molecule has 2 N–H and O–H groups in total. The van der Waals surface area contributed by atoms with Crippen LogP contribution >= 0.6 is 0 Å². The third kappa shape index (κ3) is 7.10. The Labute approximate surface area is 218 Å². The average molecular weight is 501 g/mol. The summed E-state index contributed by atoms with van der Waals surface area (Å²) in [7, 11) is 0. The number of ether oxygens (including phenoxy) is 2. The second kappa shape index (κ2) is 10.1. The van der Waals surface area contributed by atoms with Gasteiger partial charge in [-0.15, -0.1) is 0 Å². The minimum Gasteiger partial charge on any atom is -0.461 e. The van der Waals surface area contributed by atoms with Gasteiger partial charge in [-0.05, 0) is 73.8 Å². The van der Waals surface area contributed by atoms with Crippen molar-refractivity contribution >= 4 is 11.9 Å². The second-order valence-corrected chi connectivity index (χ2v) is 13.8. The first-order valence-corrected chi connectivity index (χ1v) is 13.5. The summed E-state index contributed by atoms with van der Waals surface area (Å²) < 4.78 is 12.4. The third-order valence-corrected chi connectivity index (χ3v) is 7.59. The average Bonchev–Trinajstić information content (AvgIpc) is 2.67. The molecule has 0 radical (unpaired) electrons. The van der Waals surface area contributed by atoms with Crippen LogP contribution in [-0.4, -0.2) is 46.3 Å². The summed E-state index contributed by atoms with van der Waals surface area (Å²) >= 11 is 0. The van der Waals surface area contributed by atoms with Gasteiger partial charge in [0.05, 0.1) is 0 Å². The maximum Gasteiger partial charge on any atom is 0.324 e. The van der Waals surface area contributed by atoms with E-state index in [1.165, 1.54) is 0 Å². The zero-order chi connectivity index (χ0) is 27.0. The van der Waals surface area contributed by atoms with Crippen molar-refractivity contribution in [3.63, 3.8) is 0 Å². The van der Waals surface area contributed by atoms with Crippen LogP contribution in [0, 0.1) is 5.41 Å². The molecule has 2 heterocycles. The van der Waals surface area contributed by atoms with E-state index in [0.29, 0.717) is 32.1 Å². The molecule has 2 saturated heterocycles. The molecular formula is C30H48N2O4. The lowest BCUT2D eigenvalue weighted by Crippen LogP contribution is -2.61. The van der Waals surface area contributed by atoms with Gasteiger partial charge in [-0.1, -0.05) is 37.3 Å². The summed E-state index contributed by atoms with van der Waals surface area (Å²) in [6, 6.07) is 9.72. The molecule has 1 aromatic carbocycles. The van der Waals surface area contributed by atoms with Crippen LogP contribution in [0.2, 0.25) is 0 Å². The summed E-state index contributed by atoms with van der Waals surface area (Å²) in [5, 5.41) is 7.26. The van der Waals surface area contributed by atoms with E-state index in [4.69, 9.17) is 9.47 Å². The van der Waals surface area contributed by atoms with Gasteiger partial charge in [0.15, 0.2) is 5.41 Å². The highest BCUT2D eigenvalue weighted by Crippen LogP contribution is 2.38. The Morgan fingerprint density at radius 1 is 0.750 bits per heavy atom. The van der Waals surface area contributed by atoms with Crippen LogP contribution in [0.4, 0.5) is 0 Å². The minimum atomic E-state index is -1.39. The zero-order valence-electron chi connectivity index (χ0n) is 23.9. The Balaban J connectivity index is 1.89. The second-order valence-electron chi connectivity index (χ2n) is 13.8. The maximum absolute atomic E-state index is 14.0. The third-order valence-electron chi connectivity index (χ3n) is 7.59. The number of hydrogen-bond donors (Lipinski definition) is 2. The first kappa shape index (κ1) is 28.6. The van der Waals surface area contributed by atoms with Crippen molar-refractivity contribution in [2.45, 2.75) is 135 Å². The fourth-order valence-corrected chi connectivity index (χ4v) is 6.74. The standard InChI is InChI=1S/C30H48N2O4/c1-10-30(16-21-14-12-11-13-15-21,24(33)35-22-17-26(2,3)31-27(4,5)18-22)25(34)36-23-19-28(6,7)32-29(8,9)20-23/h11-15,22-23,31-32H,10,16-20H2,1-9H3. The zero-order valence-corrected chi connectivity index (χ0v) is 23.9. The maximum atomic E-state index is 14.0. The van der Waals surface area contributed by atoms with E-state index in [1.807, 2.05) is 37.3 Å². The van der Waals surface area contributed by atoms with Crippen molar-refractivity contribution < 1.29 is 19.1 Å². The van der Waals surface area contributed by atoms with E-state index in [-0.39, 0.29) is 40.8 Å². The molecular weight excluding hydrogens is 452 g/mol. The van der Waals surface area contributed by atoms with Gasteiger partial charge in [-0.25, -0.2) is 0 Å². The molecule has 0 aliphatic carbocycles. The van der Waals surface area contributed by atoms with Gasteiger partial charge < -0.3 is 20.1 Å². The van der Waals surface area contributed by atoms with Crippen molar-refractivity contribution in [2.75, 3.05) is 0 Å². The SMILES string of the molecule is CCC(Cc1ccccc1)(C(=O)OC1CC(C)(C)NC(C)(C)C1)C(=O)OC1CC(C)(C)NC(C)(C)C1. The van der Waals surface area contributed by atoms with Gasteiger partial charge in [0.1, 0.15) is 12.2 Å². The minimum absolute atomic E-state index is 0.173. The molecule has 0 saturated carbocycles. The summed E-state index contributed by atoms with van der Waals surface area (Å²) in [5.41, 5.74) is -1.16. The lowest BCUT2D eigenvalue weighted by Gasteiger charge is -2.47. The Bertz CT molecular complexity index is 852.